The highest BCUT2D eigenvalue weighted by Crippen LogP contribution is 2.13. The Bertz CT molecular complexity index is 951. The predicted octanol–water partition coefficient (Wildman–Crippen LogP) is 2.65. The van der Waals surface area contributed by atoms with Crippen molar-refractivity contribution in [3.8, 4) is 0 Å². The van der Waals surface area contributed by atoms with E-state index in [1.165, 1.54) is 4.68 Å². The van der Waals surface area contributed by atoms with Crippen LogP contribution in [-0.2, 0) is 17.9 Å². The van der Waals surface area contributed by atoms with Gasteiger partial charge in [-0.3, -0.25) is 14.6 Å². The van der Waals surface area contributed by atoms with Crippen LogP contribution in [0, 0.1) is 0 Å². The van der Waals surface area contributed by atoms with Gasteiger partial charge in [-0.25, -0.2) is 4.68 Å². The maximum absolute atomic E-state index is 12.8. The van der Waals surface area contributed by atoms with Gasteiger partial charge in [0.05, 0.1) is 24.2 Å². The van der Waals surface area contributed by atoms with Crippen LogP contribution in [0.25, 0.3) is 10.8 Å². The molecule has 1 aromatic carbocycles. The smallest absolute Gasteiger partial charge is 0.274 e. The van der Waals surface area contributed by atoms with Crippen molar-refractivity contribution in [2.24, 2.45) is 0 Å². The third-order valence-corrected chi connectivity index (χ3v) is 4.21. The molecular formula is C20H22N4O2. The number of nitrogens with zero attached hydrogens (tertiary/aromatic N) is 3. The lowest BCUT2D eigenvalue weighted by molar-refractivity contribution is -0.121. The Balaban J connectivity index is 1.92. The summed E-state index contributed by atoms with van der Waals surface area (Å²) >= 11 is 0. The van der Waals surface area contributed by atoms with Crippen molar-refractivity contribution in [2.75, 3.05) is 0 Å². The molecule has 134 valence electrons. The zero-order valence-corrected chi connectivity index (χ0v) is 14.8. The largest absolute Gasteiger partial charge is 0.350 e. The number of unbranched alkanes of at least 4 members (excludes halogenated alkanes) is 1. The van der Waals surface area contributed by atoms with Crippen LogP contribution in [0.1, 0.15) is 37.4 Å². The number of rotatable bonds is 7. The third kappa shape index (κ3) is 4.14. The minimum absolute atomic E-state index is 0.00254. The topological polar surface area (TPSA) is 76.9 Å². The molecule has 1 amide bonds. The quantitative estimate of drug-likeness (QED) is 0.711. The molecule has 2 aromatic heterocycles. The van der Waals surface area contributed by atoms with Gasteiger partial charge in [0, 0.05) is 24.2 Å². The van der Waals surface area contributed by atoms with Gasteiger partial charge < -0.3 is 5.32 Å². The van der Waals surface area contributed by atoms with Crippen LogP contribution in [0.15, 0.2) is 53.6 Å². The summed E-state index contributed by atoms with van der Waals surface area (Å²) in [6.07, 6.45) is 5.75. The Morgan fingerprint density at radius 2 is 1.96 bits per heavy atom. The minimum atomic E-state index is -0.148. The summed E-state index contributed by atoms with van der Waals surface area (Å²) in [4.78, 5) is 28.8. The van der Waals surface area contributed by atoms with Gasteiger partial charge >= 0.3 is 0 Å². The van der Waals surface area contributed by atoms with Crippen LogP contribution in [0.3, 0.4) is 0 Å². The number of pyridine rings is 1. The summed E-state index contributed by atoms with van der Waals surface area (Å²) in [7, 11) is 0. The highest BCUT2D eigenvalue weighted by Gasteiger charge is 2.11. The van der Waals surface area contributed by atoms with Gasteiger partial charge in [-0.1, -0.05) is 37.6 Å². The third-order valence-electron chi connectivity index (χ3n) is 4.21. The molecule has 0 radical (unpaired) electrons. The monoisotopic (exact) mass is 350 g/mol. The van der Waals surface area contributed by atoms with Gasteiger partial charge in [0.2, 0.25) is 5.91 Å². The molecule has 0 saturated carbocycles. The molecule has 2 heterocycles. The summed E-state index contributed by atoms with van der Waals surface area (Å²) < 4.78 is 1.44. The molecule has 0 aliphatic carbocycles. The van der Waals surface area contributed by atoms with Crippen molar-refractivity contribution >= 4 is 16.7 Å². The van der Waals surface area contributed by atoms with Crippen molar-refractivity contribution in [2.45, 2.75) is 39.3 Å². The SMILES string of the molecule is CCCCC(=O)NCc1nn(Cc2cccnc2)c(=O)c2ccccc12. The number of benzene rings is 1. The Labute approximate surface area is 151 Å². The molecule has 0 aliphatic rings. The molecule has 6 nitrogen and oxygen atoms in total. The van der Waals surface area contributed by atoms with Crippen LogP contribution < -0.4 is 10.9 Å². The molecule has 0 spiro atoms. The first-order valence-corrected chi connectivity index (χ1v) is 8.83. The standard InChI is InChI=1S/C20H22N4O2/c1-2-3-10-19(25)22-13-18-16-8-4-5-9-17(16)20(26)24(23-18)14-15-7-6-11-21-12-15/h4-9,11-12H,2-3,10,13-14H2,1H3,(H,22,25). The number of aromatic nitrogens is 3. The maximum atomic E-state index is 12.8. The molecule has 26 heavy (non-hydrogen) atoms. The van der Waals surface area contributed by atoms with Crippen LogP contribution >= 0.6 is 0 Å². The fraction of sp³-hybridized carbons (Fsp3) is 0.300. The molecule has 0 aliphatic heterocycles. The number of carbonyl (C=O) groups is 1. The van der Waals surface area contributed by atoms with Gasteiger partial charge in [0.1, 0.15) is 0 Å². The van der Waals surface area contributed by atoms with E-state index < -0.39 is 0 Å². The second-order valence-electron chi connectivity index (χ2n) is 6.20. The highest BCUT2D eigenvalue weighted by atomic mass is 16.1. The van der Waals surface area contributed by atoms with Crippen molar-refractivity contribution in [3.63, 3.8) is 0 Å². The fourth-order valence-electron chi connectivity index (χ4n) is 2.82. The minimum Gasteiger partial charge on any atom is -0.350 e. The van der Waals surface area contributed by atoms with Crippen molar-refractivity contribution in [1.29, 1.82) is 0 Å². The molecular weight excluding hydrogens is 328 g/mol. The Kier molecular flexibility index (Phi) is 5.73. The van der Waals surface area contributed by atoms with Crippen LogP contribution in [-0.4, -0.2) is 20.7 Å². The molecule has 0 bridgehead atoms. The summed E-state index contributed by atoms with van der Waals surface area (Å²) in [5, 5.41) is 8.79. The lowest BCUT2D eigenvalue weighted by Gasteiger charge is -2.12. The zero-order valence-electron chi connectivity index (χ0n) is 14.8. The molecule has 0 atom stereocenters. The lowest BCUT2D eigenvalue weighted by Crippen LogP contribution is -2.28. The number of hydrogen-bond donors (Lipinski definition) is 1. The van der Waals surface area contributed by atoms with E-state index in [4.69, 9.17) is 0 Å². The predicted molar refractivity (Wildman–Crippen MR) is 101 cm³/mol. The van der Waals surface area contributed by atoms with E-state index in [2.05, 4.69) is 22.3 Å². The van der Waals surface area contributed by atoms with E-state index in [0.717, 1.165) is 23.8 Å². The van der Waals surface area contributed by atoms with Crippen LogP contribution in [0.4, 0.5) is 0 Å². The van der Waals surface area contributed by atoms with E-state index >= 15 is 0 Å². The Hall–Kier alpha value is -3.02. The van der Waals surface area contributed by atoms with E-state index in [-0.39, 0.29) is 11.5 Å². The molecule has 3 rings (SSSR count). The molecule has 1 N–H and O–H groups in total. The average molecular weight is 350 g/mol. The number of carbonyl (C=O) groups excluding carboxylic acids is 1. The van der Waals surface area contributed by atoms with E-state index in [0.29, 0.717) is 30.6 Å². The summed E-state index contributed by atoms with van der Waals surface area (Å²) in [5.74, 6) is 0.00254. The molecule has 6 heteroatoms. The Morgan fingerprint density at radius 3 is 2.69 bits per heavy atom. The van der Waals surface area contributed by atoms with Crippen molar-refractivity contribution in [1.82, 2.24) is 20.1 Å². The lowest BCUT2D eigenvalue weighted by atomic mass is 10.1. The fourth-order valence-corrected chi connectivity index (χ4v) is 2.82. The second-order valence-corrected chi connectivity index (χ2v) is 6.20. The summed E-state index contributed by atoms with van der Waals surface area (Å²) in [6, 6.07) is 11.1. The second kappa shape index (κ2) is 8.38. The van der Waals surface area contributed by atoms with Crippen LogP contribution in [0.5, 0.6) is 0 Å². The molecule has 0 saturated heterocycles. The van der Waals surface area contributed by atoms with Crippen molar-refractivity contribution in [3.05, 3.63) is 70.4 Å². The molecule has 0 fully saturated rings. The number of amides is 1. The average Bonchev–Trinajstić information content (AvgIpc) is 2.68. The van der Waals surface area contributed by atoms with E-state index in [9.17, 15) is 9.59 Å². The van der Waals surface area contributed by atoms with E-state index in [1.54, 1.807) is 18.5 Å². The first-order valence-electron chi connectivity index (χ1n) is 8.83. The molecule has 3 aromatic rings. The first kappa shape index (κ1) is 17.8. The molecule has 0 unspecified atom stereocenters. The van der Waals surface area contributed by atoms with E-state index in [1.807, 2.05) is 30.3 Å². The summed E-state index contributed by atoms with van der Waals surface area (Å²) in [6.45, 7) is 2.70. The van der Waals surface area contributed by atoms with Gasteiger partial charge in [-0.05, 0) is 24.1 Å². The van der Waals surface area contributed by atoms with Gasteiger partial charge in [0.25, 0.3) is 5.56 Å². The van der Waals surface area contributed by atoms with Gasteiger partial charge in [0.15, 0.2) is 0 Å². The van der Waals surface area contributed by atoms with Crippen molar-refractivity contribution < 1.29 is 4.79 Å². The number of fused-ring (bicyclic) bond motifs is 1. The highest BCUT2D eigenvalue weighted by molar-refractivity contribution is 5.84. The van der Waals surface area contributed by atoms with Crippen LogP contribution in [0.2, 0.25) is 0 Å². The maximum Gasteiger partial charge on any atom is 0.274 e. The zero-order chi connectivity index (χ0) is 18.4. The summed E-state index contributed by atoms with van der Waals surface area (Å²) in [5.41, 5.74) is 1.44. The number of nitrogens with one attached hydrogen (secondary N) is 1. The van der Waals surface area contributed by atoms with Gasteiger partial charge in [-0.15, -0.1) is 0 Å². The Morgan fingerprint density at radius 1 is 1.15 bits per heavy atom. The first-order chi connectivity index (χ1) is 12.7. The number of hydrogen-bond acceptors (Lipinski definition) is 4. The van der Waals surface area contributed by atoms with Gasteiger partial charge in [-0.2, -0.15) is 5.10 Å². The normalized spacial score (nSPS) is 10.8.